The molecule has 5 heterocycles. The van der Waals surface area contributed by atoms with Crippen molar-refractivity contribution in [1.29, 1.82) is 0 Å². The Morgan fingerprint density at radius 2 is 1.65 bits per heavy atom. The third-order valence-electron chi connectivity index (χ3n) is 10.9. The zero-order valence-electron chi connectivity index (χ0n) is 29.4. The summed E-state index contributed by atoms with van der Waals surface area (Å²) in [5.74, 6) is 0.719. The van der Waals surface area contributed by atoms with Crippen molar-refractivity contribution in [1.82, 2.24) is 26.3 Å². The van der Waals surface area contributed by atoms with E-state index < -0.39 is 5.97 Å². The lowest BCUT2D eigenvalue weighted by molar-refractivity contribution is -0.137. The number of nitrogens with one attached hydrogen (secondary N) is 4. The fourth-order valence-corrected chi connectivity index (χ4v) is 9.80. The van der Waals surface area contributed by atoms with Gasteiger partial charge in [-0.25, -0.2) is 9.78 Å². The Bertz CT molecular complexity index is 1500. The number of fused-ring (bicyclic) bond motifs is 3. The van der Waals surface area contributed by atoms with E-state index in [0.29, 0.717) is 37.1 Å². The molecule has 0 spiro atoms. The molecule has 4 saturated heterocycles. The number of benzene rings is 1. The van der Waals surface area contributed by atoms with Crippen molar-refractivity contribution in [2.24, 2.45) is 5.92 Å². The number of aliphatic carboxylic acids is 1. The van der Waals surface area contributed by atoms with E-state index in [1.807, 2.05) is 30.0 Å². The molecule has 5 N–H and O–H groups in total. The standard InChI is InChI=1S/C38H53N5O7S/c44-32(14-8-7-13-31-35-28(23-51-31)42-38(48)43-35)39-19-9-3-1-2-4-10-20-40-36(47)27-22-49-37(41-27)34-26(29-16-17-30(34)50-29)21-25-12-6-5-11-24(25)15-18-33(45)46/h5-6,11-12,22,26,28-31,34-35H,1-4,7-10,13-21,23H2,(H,39,44)(H,40,47)(H,45,46)(H2,42,43,48)/t26-,28?,29-,30+,31?,34-,35?/m0/s1. The van der Waals surface area contributed by atoms with E-state index in [-0.39, 0.29) is 66.1 Å². The molecule has 2 bridgehead atoms. The van der Waals surface area contributed by atoms with Gasteiger partial charge in [0.05, 0.1) is 30.2 Å². The van der Waals surface area contributed by atoms with Crippen molar-refractivity contribution in [3.63, 3.8) is 0 Å². The molecule has 4 aliphatic rings. The van der Waals surface area contributed by atoms with Gasteiger partial charge in [-0.2, -0.15) is 11.8 Å². The minimum atomic E-state index is -0.804. The highest BCUT2D eigenvalue weighted by atomic mass is 32.2. The second-order valence-electron chi connectivity index (χ2n) is 14.5. The summed E-state index contributed by atoms with van der Waals surface area (Å²) in [7, 11) is 0. The average molecular weight is 724 g/mol. The fraction of sp³-hybridized carbons (Fsp3) is 0.658. The van der Waals surface area contributed by atoms with Gasteiger partial charge in [-0.15, -0.1) is 0 Å². The van der Waals surface area contributed by atoms with Crippen molar-refractivity contribution >= 4 is 35.6 Å². The van der Waals surface area contributed by atoms with Gasteiger partial charge in [0.2, 0.25) is 11.8 Å². The van der Waals surface area contributed by atoms with Crippen LogP contribution in [0.3, 0.4) is 0 Å². The third kappa shape index (κ3) is 10.1. The zero-order chi connectivity index (χ0) is 35.6. The molecule has 12 nitrogen and oxygen atoms in total. The molecule has 7 atom stereocenters. The number of rotatable bonds is 21. The first-order valence-electron chi connectivity index (χ1n) is 19.0. The van der Waals surface area contributed by atoms with Gasteiger partial charge in [0, 0.05) is 42.9 Å². The van der Waals surface area contributed by atoms with E-state index in [4.69, 9.17) is 9.15 Å². The number of thioether (sulfide) groups is 1. The largest absolute Gasteiger partial charge is 0.481 e. The number of hydrogen-bond acceptors (Lipinski definition) is 8. The van der Waals surface area contributed by atoms with Gasteiger partial charge >= 0.3 is 12.0 Å². The summed E-state index contributed by atoms with van der Waals surface area (Å²) >= 11 is 1.91. The molecule has 278 valence electrons. The Morgan fingerprint density at radius 1 is 0.902 bits per heavy atom. The van der Waals surface area contributed by atoms with Crippen molar-refractivity contribution in [3.8, 4) is 0 Å². The second-order valence-corrected chi connectivity index (χ2v) is 15.8. The first kappa shape index (κ1) is 37.2. The number of carboxylic acids is 1. The van der Waals surface area contributed by atoms with Crippen molar-refractivity contribution in [3.05, 3.63) is 53.2 Å². The van der Waals surface area contributed by atoms with Crippen LogP contribution in [0.15, 0.2) is 34.9 Å². The maximum atomic E-state index is 12.9. The number of aryl methyl sites for hydroxylation is 1. The minimum Gasteiger partial charge on any atom is -0.481 e. The van der Waals surface area contributed by atoms with Crippen LogP contribution < -0.4 is 21.3 Å². The second kappa shape index (κ2) is 18.3. The highest BCUT2D eigenvalue weighted by molar-refractivity contribution is 8.00. The monoisotopic (exact) mass is 723 g/mol. The molecular formula is C38H53N5O7S. The number of nitrogens with zero attached hydrogens (tertiary/aromatic N) is 1. The number of amides is 4. The Labute approximate surface area is 304 Å². The van der Waals surface area contributed by atoms with Gasteiger partial charge in [-0.1, -0.05) is 56.4 Å². The number of carbonyl (C=O) groups is 4. The molecule has 3 unspecified atom stereocenters. The molecule has 4 aliphatic heterocycles. The summed E-state index contributed by atoms with van der Waals surface area (Å²) in [4.78, 5) is 52.4. The topological polar surface area (TPSA) is 172 Å². The fourth-order valence-electron chi connectivity index (χ4n) is 8.26. The zero-order valence-corrected chi connectivity index (χ0v) is 30.2. The van der Waals surface area contributed by atoms with Crippen molar-refractivity contribution < 1.29 is 33.4 Å². The molecule has 1 aromatic carbocycles. The number of oxazole rings is 1. The third-order valence-corrected chi connectivity index (χ3v) is 12.4. The number of carboxylic acid groups (broad SMARTS) is 1. The Kier molecular flexibility index (Phi) is 13.3. The molecule has 51 heavy (non-hydrogen) atoms. The number of ether oxygens (including phenoxy) is 1. The van der Waals surface area contributed by atoms with Crippen LogP contribution in [0.2, 0.25) is 0 Å². The van der Waals surface area contributed by atoms with E-state index >= 15 is 0 Å². The summed E-state index contributed by atoms with van der Waals surface area (Å²) in [6.07, 6.45) is 14.4. The van der Waals surface area contributed by atoms with E-state index in [9.17, 15) is 24.3 Å². The molecule has 4 fully saturated rings. The highest BCUT2D eigenvalue weighted by Crippen LogP contribution is 2.50. The summed E-state index contributed by atoms with van der Waals surface area (Å²) < 4.78 is 12.2. The normalized spacial score (nSPS) is 26.1. The van der Waals surface area contributed by atoms with Crippen molar-refractivity contribution in [2.75, 3.05) is 18.8 Å². The molecule has 0 aliphatic carbocycles. The SMILES string of the molecule is O=C(O)CCc1ccccc1C[C@@H]1[C@H](c2nc(C(=O)NCCCCCCCCNC(=O)CCCCC3SCC4NC(=O)NC43)co2)[C@H]2CC[C@@H]1O2. The van der Waals surface area contributed by atoms with Crippen molar-refractivity contribution in [2.45, 2.75) is 132 Å². The molecule has 4 amide bonds. The quantitative estimate of drug-likeness (QED) is 0.0868. The van der Waals surface area contributed by atoms with Gasteiger partial charge in [-0.05, 0) is 62.5 Å². The van der Waals surface area contributed by atoms with E-state index in [1.54, 1.807) is 0 Å². The maximum Gasteiger partial charge on any atom is 0.315 e. The summed E-state index contributed by atoms with van der Waals surface area (Å²) in [6, 6.07) is 8.44. The van der Waals surface area contributed by atoms with Crippen LogP contribution in [0.5, 0.6) is 0 Å². The van der Waals surface area contributed by atoms with E-state index in [0.717, 1.165) is 93.9 Å². The van der Waals surface area contributed by atoms with Gasteiger partial charge in [0.1, 0.15) is 6.26 Å². The predicted molar refractivity (Wildman–Crippen MR) is 194 cm³/mol. The molecule has 6 rings (SSSR count). The molecule has 13 heteroatoms. The Hall–Kier alpha value is -3.58. The Morgan fingerprint density at radius 3 is 2.45 bits per heavy atom. The molecule has 2 aromatic rings. The summed E-state index contributed by atoms with van der Waals surface area (Å²) in [5.41, 5.74) is 2.47. The lowest BCUT2D eigenvalue weighted by Crippen LogP contribution is -2.36. The van der Waals surface area contributed by atoms with Gasteiger partial charge < -0.3 is 35.5 Å². The molecule has 1 aromatic heterocycles. The van der Waals surface area contributed by atoms with Gasteiger partial charge in [-0.3, -0.25) is 14.4 Å². The number of urea groups is 1. The highest BCUT2D eigenvalue weighted by Gasteiger charge is 2.51. The average Bonchev–Trinajstić information content (AvgIpc) is 3.96. The van der Waals surface area contributed by atoms with Crippen LogP contribution in [0.1, 0.15) is 117 Å². The number of aromatic nitrogens is 1. The first-order valence-corrected chi connectivity index (χ1v) is 20.0. The lowest BCUT2D eigenvalue weighted by Gasteiger charge is -2.26. The van der Waals surface area contributed by atoms with Crippen LogP contribution in [0, 0.1) is 5.92 Å². The summed E-state index contributed by atoms with van der Waals surface area (Å²) in [5, 5.41) is 21.6. The van der Waals surface area contributed by atoms with Crippen LogP contribution in [-0.2, 0) is 27.2 Å². The number of hydrogen-bond donors (Lipinski definition) is 5. The van der Waals surface area contributed by atoms with E-state index in [1.165, 1.54) is 6.26 Å². The van der Waals surface area contributed by atoms with Crippen LogP contribution >= 0.6 is 11.8 Å². The van der Waals surface area contributed by atoms with Crippen LogP contribution in [0.25, 0.3) is 0 Å². The smallest absolute Gasteiger partial charge is 0.315 e. The van der Waals surface area contributed by atoms with Gasteiger partial charge in [0.15, 0.2) is 5.69 Å². The van der Waals surface area contributed by atoms with Crippen LogP contribution in [0.4, 0.5) is 4.79 Å². The summed E-state index contributed by atoms with van der Waals surface area (Å²) in [6.45, 7) is 1.29. The number of carbonyl (C=O) groups excluding carboxylic acids is 3. The number of unbranched alkanes of at least 4 members (excludes halogenated alkanes) is 6. The predicted octanol–water partition coefficient (Wildman–Crippen LogP) is 5.11. The maximum absolute atomic E-state index is 12.9. The van der Waals surface area contributed by atoms with E-state index in [2.05, 4.69) is 32.3 Å². The lowest BCUT2D eigenvalue weighted by atomic mass is 9.75. The first-order chi connectivity index (χ1) is 24.9. The van der Waals surface area contributed by atoms with Gasteiger partial charge in [0.25, 0.3) is 5.91 Å². The van der Waals surface area contributed by atoms with Crippen LogP contribution in [-0.4, -0.2) is 82.3 Å². The minimum absolute atomic E-state index is 0.0131. The molecule has 0 saturated carbocycles. The molecular weight excluding hydrogens is 671 g/mol. The molecule has 0 radical (unpaired) electrons. The Balaban J connectivity index is 0.811.